The molecule has 0 saturated heterocycles. The van der Waals surface area contributed by atoms with Crippen LogP contribution in [-0.2, 0) is 15.6 Å². The highest BCUT2D eigenvalue weighted by molar-refractivity contribution is 7.90. The number of hydrogen-bond acceptors (Lipinski definition) is 7. The van der Waals surface area contributed by atoms with Crippen molar-refractivity contribution in [3.8, 4) is 17.6 Å². The largest absolute Gasteiger partial charge is 0.453 e. The number of sulfone groups is 1. The topological polar surface area (TPSA) is 95.1 Å². The Morgan fingerprint density at radius 1 is 1.29 bits per heavy atom. The first-order valence-corrected chi connectivity index (χ1v) is 11.8. The fourth-order valence-corrected chi connectivity index (χ4v) is 5.14. The number of aliphatic imine (C=N–C) groups is 2. The summed E-state index contributed by atoms with van der Waals surface area (Å²) >= 11 is 0. The Hall–Kier alpha value is -3.25. The molecule has 2 aliphatic heterocycles. The third-order valence-electron chi connectivity index (χ3n) is 5.05. The van der Waals surface area contributed by atoms with Crippen LogP contribution in [0.5, 0.6) is 11.5 Å². The highest BCUT2D eigenvalue weighted by Crippen LogP contribution is 2.35. The molecule has 0 fully saturated rings. The quantitative estimate of drug-likeness (QED) is 0.678. The van der Waals surface area contributed by atoms with Gasteiger partial charge in [-0.3, -0.25) is 4.99 Å². The summed E-state index contributed by atoms with van der Waals surface area (Å²) in [6, 6.07) is 9.46. The van der Waals surface area contributed by atoms with Gasteiger partial charge in [-0.15, -0.1) is 0 Å². The van der Waals surface area contributed by atoms with Gasteiger partial charge in [0, 0.05) is 18.7 Å². The lowest BCUT2D eigenvalue weighted by Gasteiger charge is -2.29. The molecule has 7 nitrogen and oxygen atoms in total. The number of rotatable bonds is 6. The van der Waals surface area contributed by atoms with Crippen molar-refractivity contribution in [2.45, 2.75) is 25.5 Å². The maximum absolute atomic E-state index is 14.6. The molecule has 2 aliphatic rings. The minimum absolute atomic E-state index is 0.00458. The first kappa shape index (κ1) is 21.0. The van der Waals surface area contributed by atoms with E-state index < -0.39 is 15.7 Å². The van der Waals surface area contributed by atoms with Gasteiger partial charge in [0.25, 0.3) is 0 Å². The van der Waals surface area contributed by atoms with Crippen LogP contribution in [-0.4, -0.2) is 44.3 Å². The molecule has 0 atom stereocenters. The Kier molecular flexibility index (Phi) is 5.74. The van der Waals surface area contributed by atoms with Crippen LogP contribution in [0.2, 0.25) is 0 Å². The van der Waals surface area contributed by atoms with Crippen molar-refractivity contribution < 1.29 is 17.5 Å². The van der Waals surface area contributed by atoms with Crippen molar-refractivity contribution in [2.75, 3.05) is 18.8 Å². The second kappa shape index (κ2) is 8.47. The summed E-state index contributed by atoms with van der Waals surface area (Å²) in [5.74, 6) is -0.274. The van der Waals surface area contributed by atoms with Crippen molar-refractivity contribution in [3.05, 3.63) is 52.8 Å². The Morgan fingerprint density at radius 3 is 2.90 bits per heavy atom. The average Bonchev–Trinajstić information content (AvgIpc) is 2.76. The molecular weight excluding hydrogens is 419 g/mol. The second-order valence-corrected chi connectivity index (χ2v) is 9.58. The van der Waals surface area contributed by atoms with Gasteiger partial charge < -0.3 is 9.64 Å². The number of ether oxygens (including phenoxy) is 1. The van der Waals surface area contributed by atoms with E-state index in [9.17, 15) is 18.1 Å². The molecule has 0 radical (unpaired) electrons. The first-order chi connectivity index (χ1) is 14.9. The van der Waals surface area contributed by atoms with Crippen LogP contribution < -0.4 is 4.74 Å². The van der Waals surface area contributed by atoms with Crippen molar-refractivity contribution in [1.29, 1.82) is 5.26 Å². The van der Waals surface area contributed by atoms with Crippen LogP contribution in [0.3, 0.4) is 0 Å². The third kappa shape index (κ3) is 4.30. The second-order valence-electron chi connectivity index (χ2n) is 7.39. The number of fused-ring (bicyclic) bond motifs is 3. The molecule has 9 heteroatoms. The van der Waals surface area contributed by atoms with Gasteiger partial charge in [-0.05, 0) is 42.7 Å². The van der Waals surface area contributed by atoms with E-state index in [4.69, 9.17) is 4.74 Å². The molecule has 0 saturated carbocycles. The van der Waals surface area contributed by atoms with E-state index in [-0.39, 0.29) is 28.4 Å². The summed E-state index contributed by atoms with van der Waals surface area (Å²) < 4.78 is 44.9. The number of nitrogens with zero attached hydrogens (tertiary/aromatic N) is 4. The van der Waals surface area contributed by atoms with E-state index in [0.717, 1.165) is 36.1 Å². The number of amidine groups is 1. The monoisotopic (exact) mass is 440 g/mol. The Balaban J connectivity index is 1.71. The Bertz CT molecular complexity index is 1230. The Morgan fingerprint density at radius 2 is 2.13 bits per heavy atom. The highest BCUT2D eigenvalue weighted by atomic mass is 32.2. The van der Waals surface area contributed by atoms with Crippen LogP contribution in [0.25, 0.3) is 0 Å². The fraction of sp³-hybridized carbons (Fsp3) is 0.318. The lowest BCUT2D eigenvalue weighted by Crippen LogP contribution is -2.36. The molecule has 0 aromatic heterocycles. The third-order valence-corrected chi connectivity index (χ3v) is 6.84. The summed E-state index contributed by atoms with van der Waals surface area (Å²) in [4.78, 5) is 10.9. The molecule has 160 valence electrons. The first-order valence-electron chi connectivity index (χ1n) is 10.0. The normalized spacial score (nSPS) is 15.0. The number of nitriles is 1. The number of hydrogen-bond donors (Lipinski definition) is 0. The van der Waals surface area contributed by atoms with Gasteiger partial charge in [0.15, 0.2) is 21.4 Å². The van der Waals surface area contributed by atoms with E-state index in [1.807, 2.05) is 11.0 Å². The molecule has 0 aliphatic carbocycles. The van der Waals surface area contributed by atoms with Gasteiger partial charge in [0.2, 0.25) is 0 Å². The molecule has 2 aromatic carbocycles. The van der Waals surface area contributed by atoms with E-state index in [1.54, 1.807) is 31.5 Å². The summed E-state index contributed by atoms with van der Waals surface area (Å²) in [5, 5.41) is 9.64. The zero-order valence-electron chi connectivity index (χ0n) is 17.0. The zero-order chi connectivity index (χ0) is 22.0. The van der Waals surface area contributed by atoms with E-state index in [2.05, 4.69) is 9.98 Å². The maximum atomic E-state index is 14.6. The van der Waals surface area contributed by atoms with Gasteiger partial charge in [-0.2, -0.15) is 5.26 Å². The molecule has 2 aromatic rings. The molecule has 0 N–H and O–H groups in total. The minimum atomic E-state index is -3.41. The average molecular weight is 441 g/mol. The van der Waals surface area contributed by atoms with Gasteiger partial charge in [-0.25, -0.2) is 17.8 Å². The Labute approximate surface area is 180 Å². The van der Waals surface area contributed by atoms with E-state index in [0.29, 0.717) is 18.7 Å². The van der Waals surface area contributed by atoms with E-state index >= 15 is 0 Å². The molecule has 4 rings (SSSR count). The van der Waals surface area contributed by atoms with Crippen LogP contribution in [0, 0.1) is 17.1 Å². The van der Waals surface area contributed by atoms with Gasteiger partial charge in [0.05, 0.1) is 23.5 Å². The summed E-state index contributed by atoms with van der Waals surface area (Å²) in [5.41, 5.74) is 1.59. The molecule has 0 unspecified atom stereocenters. The summed E-state index contributed by atoms with van der Waals surface area (Å²) in [7, 11) is -3.41. The number of halogens is 1. The zero-order valence-corrected chi connectivity index (χ0v) is 17.8. The minimum Gasteiger partial charge on any atom is -0.453 e. The molecule has 2 heterocycles. The lowest BCUT2D eigenvalue weighted by atomic mass is 10.1. The fourth-order valence-electron chi connectivity index (χ4n) is 3.66. The maximum Gasteiger partial charge on any atom is 0.181 e. The van der Waals surface area contributed by atoms with Gasteiger partial charge >= 0.3 is 0 Å². The standard InChI is InChI=1S/C22H21FN4O3S/c1-2-10-31(28,29)13-15-4-6-19(23)21(18(15)12-24)30-16-5-7-20-17(11-16)22-25-8-3-9-27(22)14-26-20/h4-7,11,14H,2-3,8-10,13H2,1H3. The van der Waals surface area contributed by atoms with Gasteiger partial charge in [0.1, 0.15) is 23.2 Å². The van der Waals surface area contributed by atoms with Crippen LogP contribution >= 0.6 is 0 Å². The van der Waals surface area contributed by atoms with E-state index in [1.165, 1.54) is 6.07 Å². The SMILES string of the molecule is CCCS(=O)(=O)Cc1ccc(F)c(Oc2ccc3c(c2)C2=NCCCN2C=N3)c1C#N. The van der Waals surface area contributed by atoms with Crippen LogP contribution in [0.4, 0.5) is 10.1 Å². The predicted octanol–water partition coefficient (Wildman–Crippen LogP) is 3.94. The highest BCUT2D eigenvalue weighted by Gasteiger charge is 2.24. The smallest absolute Gasteiger partial charge is 0.181 e. The van der Waals surface area contributed by atoms with Crippen molar-refractivity contribution in [3.63, 3.8) is 0 Å². The molecule has 31 heavy (non-hydrogen) atoms. The van der Waals surface area contributed by atoms with Gasteiger partial charge in [-0.1, -0.05) is 13.0 Å². The lowest BCUT2D eigenvalue weighted by molar-refractivity contribution is 0.440. The van der Waals surface area contributed by atoms with Crippen LogP contribution in [0.15, 0.2) is 40.3 Å². The molecule has 0 bridgehead atoms. The summed E-state index contributed by atoms with van der Waals surface area (Å²) in [6.07, 6.45) is 3.15. The summed E-state index contributed by atoms with van der Waals surface area (Å²) in [6.45, 7) is 3.29. The molecular formula is C22H21FN4O3S. The predicted molar refractivity (Wildman–Crippen MR) is 116 cm³/mol. The van der Waals surface area contributed by atoms with Crippen LogP contribution in [0.1, 0.15) is 36.5 Å². The van der Waals surface area contributed by atoms with Crippen molar-refractivity contribution >= 4 is 27.7 Å². The van der Waals surface area contributed by atoms with Crippen molar-refractivity contribution in [1.82, 2.24) is 4.90 Å². The molecule has 0 amide bonds. The number of benzene rings is 2. The molecule has 0 spiro atoms. The van der Waals surface area contributed by atoms with Crippen molar-refractivity contribution in [2.24, 2.45) is 9.98 Å².